The van der Waals surface area contributed by atoms with Crippen molar-refractivity contribution in [3.63, 3.8) is 0 Å². The Kier molecular flexibility index (Phi) is 11.2. The number of hydrogen-bond acceptors (Lipinski definition) is 6. The molecule has 0 saturated carbocycles. The van der Waals surface area contributed by atoms with Crippen LogP contribution in [0.5, 0.6) is 5.75 Å². The molecule has 1 rings (SSSR count). The third-order valence-corrected chi connectivity index (χ3v) is 4.10. The molecule has 136 valence electrons. The number of nitrogens with one attached hydrogen (secondary N) is 2. The first-order valence-corrected chi connectivity index (χ1v) is 8.52. The summed E-state index contributed by atoms with van der Waals surface area (Å²) in [6, 6.07) is 5.06. The third-order valence-electron chi connectivity index (χ3n) is 3.10. The number of thioether (sulfide) groups is 1. The summed E-state index contributed by atoms with van der Waals surface area (Å²) in [7, 11) is 1.40. The average Bonchev–Trinajstić information content (AvgIpc) is 2.53. The second-order valence-corrected chi connectivity index (χ2v) is 6.00. The van der Waals surface area contributed by atoms with Crippen LogP contribution in [0.15, 0.2) is 18.2 Å². The summed E-state index contributed by atoms with van der Waals surface area (Å²) in [5, 5.41) is 17.0. The van der Waals surface area contributed by atoms with Crippen LogP contribution < -0.4 is 15.4 Å². The lowest BCUT2D eigenvalue weighted by molar-refractivity contribution is -0.385. The molecule has 0 bridgehead atoms. The second kappa shape index (κ2) is 11.9. The van der Waals surface area contributed by atoms with Gasteiger partial charge in [0.1, 0.15) is 0 Å². The number of amides is 1. The Morgan fingerprint density at radius 3 is 2.75 bits per heavy atom. The van der Waals surface area contributed by atoms with Crippen LogP contribution in [0.2, 0.25) is 0 Å². The molecule has 1 amide bonds. The lowest BCUT2D eigenvalue weighted by Crippen LogP contribution is -2.39. The molecule has 0 aromatic heterocycles. The largest absolute Gasteiger partial charge is 0.490 e. The summed E-state index contributed by atoms with van der Waals surface area (Å²) in [6.07, 6.45) is 0. The first-order valence-electron chi connectivity index (χ1n) is 7.37. The molecule has 1 aromatic rings. The molecule has 1 aromatic carbocycles. The van der Waals surface area contributed by atoms with Gasteiger partial charge in [0.2, 0.25) is 5.91 Å². The zero-order chi connectivity index (χ0) is 17.2. The minimum atomic E-state index is -0.470. The summed E-state index contributed by atoms with van der Waals surface area (Å²) in [5.41, 5.74) is 0.728. The SMILES string of the molecule is CCN[C@H](C)CNC(=O)CSCc1ccc(OC)c([N+](=O)[O-])c1.Cl. The van der Waals surface area contributed by atoms with E-state index >= 15 is 0 Å². The normalized spacial score (nSPS) is 11.3. The van der Waals surface area contributed by atoms with Gasteiger partial charge >= 0.3 is 5.69 Å². The highest BCUT2D eigenvalue weighted by molar-refractivity contribution is 7.99. The van der Waals surface area contributed by atoms with Crippen molar-refractivity contribution in [3.05, 3.63) is 33.9 Å². The predicted octanol–water partition coefficient (Wildman–Crippen LogP) is 2.37. The fraction of sp³-hybridized carbons (Fsp3) is 0.533. The molecule has 0 fully saturated rings. The molecule has 9 heteroatoms. The molecular weight excluding hydrogens is 354 g/mol. The topological polar surface area (TPSA) is 93.5 Å². The van der Waals surface area contributed by atoms with Crippen LogP contribution in [-0.4, -0.2) is 42.8 Å². The number of likely N-dealkylation sites (N-methyl/N-ethyl adjacent to an activating group) is 1. The number of rotatable bonds is 10. The first kappa shape index (κ1) is 22.5. The Hall–Kier alpha value is -1.51. The van der Waals surface area contributed by atoms with E-state index in [2.05, 4.69) is 10.6 Å². The number of ether oxygens (including phenoxy) is 1. The number of nitrogens with zero attached hydrogens (tertiary/aromatic N) is 1. The maximum absolute atomic E-state index is 11.7. The van der Waals surface area contributed by atoms with Gasteiger partial charge in [-0.15, -0.1) is 24.2 Å². The van der Waals surface area contributed by atoms with E-state index in [1.54, 1.807) is 12.1 Å². The minimum absolute atomic E-state index is 0. The van der Waals surface area contributed by atoms with E-state index in [9.17, 15) is 14.9 Å². The summed E-state index contributed by atoms with van der Waals surface area (Å²) in [4.78, 5) is 22.2. The van der Waals surface area contributed by atoms with Gasteiger partial charge in [0, 0.05) is 24.4 Å². The van der Waals surface area contributed by atoms with Gasteiger partial charge in [0.05, 0.1) is 17.8 Å². The molecule has 1 atom stereocenters. The Morgan fingerprint density at radius 1 is 1.46 bits per heavy atom. The second-order valence-electron chi connectivity index (χ2n) is 5.02. The summed E-state index contributed by atoms with van der Waals surface area (Å²) >= 11 is 1.42. The van der Waals surface area contributed by atoms with Crippen molar-refractivity contribution in [1.29, 1.82) is 0 Å². The summed E-state index contributed by atoms with van der Waals surface area (Å²) in [5.74, 6) is 1.04. The van der Waals surface area contributed by atoms with Gasteiger partial charge in [0.25, 0.3) is 0 Å². The Morgan fingerprint density at radius 2 is 2.17 bits per heavy atom. The van der Waals surface area contributed by atoms with Gasteiger partial charge in [-0.1, -0.05) is 13.0 Å². The van der Waals surface area contributed by atoms with Crippen molar-refractivity contribution in [2.75, 3.05) is 26.0 Å². The van der Waals surface area contributed by atoms with Crippen molar-refractivity contribution in [2.45, 2.75) is 25.6 Å². The maximum Gasteiger partial charge on any atom is 0.311 e. The van der Waals surface area contributed by atoms with Crippen LogP contribution in [-0.2, 0) is 10.5 Å². The Bertz CT molecular complexity index is 545. The monoisotopic (exact) mass is 377 g/mol. The maximum atomic E-state index is 11.7. The van der Waals surface area contributed by atoms with E-state index < -0.39 is 4.92 Å². The molecule has 0 radical (unpaired) electrons. The van der Waals surface area contributed by atoms with Crippen molar-refractivity contribution in [1.82, 2.24) is 10.6 Å². The van der Waals surface area contributed by atoms with Gasteiger partial charge in [-0.25, -0.2) is 0 Å². The number of benzene rings is 1. The Labute approximate surface area is 152 Å². The number of carbonyl (C=O) groups is 1. The smallest absolute Gasteiger partial charge is 0.311 e. The molecule has 0 aliphatic heterocycles. The lowest BCUT2D eigenvalue weighted by Gasteiger charge is -2.13. The molecule has 24 heavy (non-hydrogen) atoms. The van der Waals surface area contributed by atoms with Crippen LogP contribution in [0.4, 0.5) is 5.69 Å². The van der Waals surface area contributed by atoms with Crippen LogP contribution in [0.25, 0.3) is 0 Å². The van der Waals surface area contributed by atoms with Gasteiger partial charge in [-0.3, -0.25) is 14.9 Å². The molecule has 0 unspecified atom stereocenters. The highest BCUT2D eigenvalue weighted by atomic mass is 35.5. The number of hydrogen-bond donors (Lipinski definition) is 2. The molecule has 0 spiro atoms. The highest BCUT2D eigenvalue weighted by Gasteiger charge is 2.15. The molecule has 0 aliphatic carbocycles. The van der Waals surface area contributed by atoms with Gasteiger partial charge in [-0.2, -0.15) is 0 Å². The van der Waals surface area contributed by atoms with Gasteiger partial charge < -0.3 is 15.4 Å². The zero-order valence-electron chi connectivity index (χ0n) is 14.0. The number of carbonyl (C=O) groups excluding carboxylic acids is 1. The van der Waals surface area contributed by atoms with Crippen molar-refractivity contribution >= 4 is 35.8 Å². The van der Waals surface area contributed by atoms with Crippen molar-refractivity contribution in [2.24, 2.45) is 0 Å². The highest BCUT2D eigenvalue weighted by Crippen LogP contribution is 2.28. The van der Waals surface area contributed by atoms with Crippen LogP contribution in [0.1, 0.15) is 19.4 Å². The average molecular weight is 378 g/mol. The summed E-state index contributed by atoms with van der Waals surface area (Å²) in [6.45, 7) is 5.47. The first-order chi connectivity index (χ1) is 11.0. The molecular formula is C15H24ClN3O4S. The summed E-state index contributed by atoms with van der Waals surface area (Å²) < 4.78 is 4.96. The van der Waals surface area contributed by atoms with Crippen molar-refractivity contribution < 1.29 is 14.5 Å². The Balaban J connectivity index is 0.00000529. The van der Waals surface area contributed by atoms with E-state index in [1.165, 1.54) is 24.9 Å². The number of methoxy groups -OCH3 is 1. The van der Waals surface area contributed by atoms with Gasteiger partial charge in [0.15, 0.2) is 5.75 Å². The fourth-order valence-electron chi connectivity index (χ4n) is 1.97. The standard InChI is InChI=1S/C15H23N3O4S.ClH/c1-4-16-11(2)8-17-15(19)10-23-9-12-5-6-14(22-3)13(7-12)18(20)21;/h5-7,11,16H,4,8-10H2,1-3H3,(H,17,19);1H/t11-;/m1./s1. The number of nitro groups is 1. The van der Waals surface area contributed by atoms with Crippen LogP contribution in [0, 0.1) is 10.1 Å². The van der Waals surface area contributed by atoms with E-state index in [0.717, 1.165) is 12.1 Å². The quantitative estimate of drug-likeness (QED) is 0.480. The molecule has 0 saturated heterocycles. The van der Waals surface area contributed by atoms with Gasteiger partial charge in [-0.05, 0) is 25.1 Å². The number of halogens is 1. The minimum Gasteiger partial charge on any atom is -0.490 e. The molecule has 0 aliphatic rings. The fourth-order valence-corrected chi connectivity index (χ4v) is 2.77. The van der Waals surface area contributed by atoms with Crippen molar-refractivity contribution in [3.8, 4) is 5.75 Å². The molecule has 7 nitrogen and oxygen atoms in total. The van der Waals surface area contributed by atoms with E-state index in [1.807, 2.05) is 13.8 Å². The van der Waals surface area contributed by atoms with E-state index in [-0.39, 0.29) is 35.8 Å². The van der Waals surface area contributed by atoms with E-state index in [0.29, 0.717) is 18.1 Å². The lowest BCUT2D eigenvalue weighted by atomic mass is 10.2. The van der Waals surface area contributed by atoms with Crippen LogP contribution in [0.3, 0.4) is 0 Å². The van der Waals surface area contributed by atoms with E-state index in [4.69, 9.17) is 4.74 Å². The predicted molar refractivity (Wildman–Crippen MR) is 99.2 cm³/mol. The van der Waals surface area contributed by atoms with Crippen LogP contribution >= 0.6 is 24.2 Å². The molecule has 0 heterocycles. The molecule has 2 N–H and O–H groups in total. The number of nitro benzene ring substituents is 1. The third kappa shape index (κ3) is 7.85. The zero-order valence-corrected chi connectivity index (χ0v) is 15.7.